The van der Waals surface area contributed by atoms with E-state index in [9.17, 15) is 9.59 Å². The monoisotopic (exact) mass is 680 g/mol. The van der Waals surface area contributed by atoms with E-state index in [1.165, 1.54) is 25.7 Å². The van der Waals surface area contributed by atoms with Crippen LogP contribution < -0.4 is 0 Å². The molecule has 0 aromatic carbocycles. The molecule has 1 unspecified atom stereocenters. The van der Waals surface area contributed by atoms with Crippen LogP contribution in [0.1, 0.15) is 91.4 Å². The fraction of sp³-hybridized carbons (Fsp3) is 0.943. The van der Waals surface area contributed by atoms with Gasteiger partial charge < -0.3 is 47.4 Å². The van der Waals surface area contributed by atoms with Crippen molar-refractivity contribution in [2.24, 2.45) is 5.92 Å². The fourth-order valence-electron chi connectivity index (χ4n) is 4.24. The van der Waals surface area contributed by atoms with Gasteiger partial charge in [0.25, 0.3) is 0 Å². The van der Waals surface area contributed by atoms with E-state index in [0.29, 0.717) is 112 Å². The second-order valence-electron chi connectivity index (χ2n) is 11.1. The molecule has 0 aliphatic rings. The zero-order valence-corrected chi connectivity index (χ0v) is 30.0. The molecular weight excluding hydrogens is 612 g/mol. The molecule has 12 nitrogen and oxygen atoms in total. The smallest absolute Gasteiger partial charge is 0.308 e. The highest BCUT2D eigenvalue weighted by Crippen LogP contribution is 2.14. The van der Waals surface area contributed by atoms with Gasteiger partial charge in [-0.15, -0.1) is 0 Å². The average molecular weight is 681 g/mol. The number of carbonyl (C=O) groups is 2. The Morgan fingerprint density at radius 2 is 0.745 bits per heavy atom. The van der Waals surface area contributed by atoms with Crippen LogP contribution in [0.2, 0.25) is 0 Å². The van der Waals surface area contributed by atoms with Gasteiger partial charge in [-0.05, 0) is 19.3 Å². The highest BCUT2D eigenvalue weighted by molar-refractivity contribution is 5.72. The molecule has 280 valence electrons. The normalized spacial score (nSPS) is 12.0. The average Bonchev–Trinajstić information content (AvgIpc) is 3.07. The topological polar surface area (TPSA) is 126 Å². The van der Waals surface area contributed by atoms with Crippen molar-refractivity contribution in [3.63, 3.8) is 0 Å². The minimum Gasteiger partial charge on any atom is -0.463 e. The van der Waals surface area contributed by atoms with Gasteiger partial charge in [0.15, 0.2) is 0 Å². The van der Waals surface area contributed by atoms with Crippen LogP contribution in [-0.4, -0.2) is 131 Å². The molecular formula is C35H68O12. The summed E-state index contributed by atoms with van der Waals surface area (Å²) in [5, 5.41) is 0. The predicted molar refractivity (Wildman–Crippen MR) is 180 cm³/mol. The summed E-state index contributed by atoms with van der Waals surface area (Å²) in [4.78, 5) is 23.7. The second kappa shape index (κ2) is 39.1. The van der Waals surface area contributed by atoms with Crippen molar-refractivity contribution in [1.29, 1.82) is 0 Å². The number of hydrogen-bond acceptors (Lipinski definition) is 12. The van der Waals surface area contributed by atoms with E-state index < -0.39 is 0 Å². The van der Waals surface area contributed by atoms with Crippen molar-refractivity contribution in [3.05, 3.63) is 0 Å². The number of carbonyl (C=O) groups excluding carboxylic acids is 2. The Hall–Kier alpha value is -1.38. The van der Waals surface area contributed by atoms with Gasteiger partial charge in [-0.2, -0.15) is 0 Å². The molecule has 0 bridgehead atoms. The Balaban J connectivity index is 3.19. The van der Waals surface area contributed by atoms with Crippen LogP contribution in [0.15, 0.2) is 0 Å². The third-order valence-corrected chi connectivity index (χ3v) is 7.03. The number of hydrogen-bond donors (Lipinski definition) is 0. The van der Waals surface area contributed by atoms with Gasteiger partial charge in [0.2, 0.25) is 0 Å². The summed E-state index contributed by atoms with van der Waals surface area (Å²) in [5.41, 5.74) is 0. The highest BCUT2D eigenvalue weighted by atomic mass is 16.6. The fourth-order valence-corrected chi connectivity index (χ4v) is 4.24. The van der Waals surface area contributed by atoms with E-state index >= 15 is 0 Å². The van der Waals surface area contributed by atoms with E-state index in [1.54, 1.807) is 0 Å². The summed E-state index contributed by atoms with van der Waals surface area (Å²) < 4.78 is 54.2. The van der Waals surface area contributed by atoms with E-state index in [2.05, 4.69) is 13.8 Å². The molecule has 0 fully saturated rings. The van der Waals surface area contributed by atoms with Gasteiger partial charge in [-0.3, -0.25) is 9.59 Å². The van der Waals surface area contributed by atoms with Crippen molar-refractivity contribution >= 4 is 11.9 Å². The van der Waals surface area contributed by atoms with Crippen LogP contribution in [0.5, 0.6) is 0 Å². The first kappa shape index (κ1) is 45.6. The molecule has 0 radical (unpaired) electrons. The van der Waals surface area contributed by atoms with Gasteiger partial charge in [0, 0.05) is 6.42 Å². The summed E-state index contributed by atoms with van der Waals surface area (Å²) in [6.07, 6.45) is 11.2. The minimum absolute atomic E-state index is 0.00467. The molecule has 1 atom stereocenters. The first-order chi connectivity index (χ1) is 23.2. The first-order valence-corrected chi connectivity index (χ1v) is 18.1. The third kappa shape index (κ3) is 35.7. The van der Waals surface area contributed by atoms with E-state index in [-0.39, 0.29) is 31.1 Å². The third-order valence-electron chi connectivity index (χ3n) is 7.03. The quantitative estimate of drug-likeness (QED) is 0.0628. The Labute approximate surface area is 285 Å². The van der Waals surface area contributed by atoms with Crippen LogP contribution >= 0.6 is 0 Å². The van der Waals surface area contributed by atoms with Crippen molar-refractivity contribution in [2.45, 2.75) is 91.4 Å². The maximum atomic E-state index is 12.0. The van der Waals surface area contributed by atoms with Crippen molar-refractivity contribution in [1.82, 2.24) is 0 Å². The summed E-state index contributed by atoms with van der Waals surface area (Å²) >= 11 is 0. The number of ether oxygens (including phenoxy) is 10. The van der Waals surface area contributed by atoms with Crippen LogP contribution in [0.25, 0.3) is 0 Å². The molecule has 0 saturated carbocycles. The summed E-state index contributed by atoms with van der Waals surface area (Å²) in [6, 6.07) is 0. The van der Waals surface area contributed by atoms with Gasteiger partial charge in [0.1, 0.15) is 13.2 Å². The van der Waals surface area contributed by atoms with Crippen LogP contribution in [0.3, 0.4) is 0 Å². The second-order valence-corrected chi connectivity index (χ2v) is 11.1. The van der Waals surface area contributed by atoms with Crippen LogP contribution in [0.4, 0.5) is 0 Å². The molecule has 0 aromatic heterocycles. The van der Waals surface area contributed by atoms with Gasteiger partial charge in [-0.25, -0.2) is 0 Å². The lowest BCUT2D eigenvalue weighted by Crippen LogP contribution is -2.20. The standard InChI is InChI=1S/C35H68O12/c1-4-7-9-10-11-12-14-34(36)46-31-29-44-27-25-42-23-21-40-19-17-38-15-16-39-18-20-41-22-24-43-26-28-45-30-32-47-35(37)33(6-3)13-8-5-2/h33H,4-32H2,1-3H3. The zero-order chi connectivity index (χ0) is 34.3. The molecule has 0 aromatic rings. The van der Waals surface area contributed by atoms with Crippen LogP contribution in [0, 0.1) is 5.92 Å². The lowest BCUT2D eigenvalue weighted by atomic mass is 10.00. The molecule has 0 aliphatic carbocycles. The summed E-state index contributed by atoms with van der Waals surface area (Å²) in [7, 11) is 0. The Morgan fingerprint density at radius 3 is 1.13 bits per heavy atom. The zero-order valence-electron chi connectivity index (χ0n) is 30.0. The Kier molecular flexibility index (Phi) is 37.9. The first-order valence-electron chi connectivity index (χ1n) is 18.1. The largest absolute Gasteiger partial charge is 0.463 e. The molecule has 0 amide bonds. The molecule has 12 heteroatoms. The van der Waals surface area contributed by atoms with Crippen LogP contribution in [-0.2, 0) is 57.0 Å². The molecule has 0 N–H and O–H groups in total. The number of rotatable bonds is 39. The lowest BCUT2D eigenvalue weighted by Gasteiger charge is -2.13. The maximum Gasteiger partial charge on any atom is 0.308 e. The summed E-state index contributed by atoms with van der Waals surface area (Å²) in [5.74, 6) is -0.271. The Bertz CT molecular complexity index is 652. The molecule has 0 heterocycles. The van der Waals surface area contributed by atoms with Gasteiger partial charge in [0.05, 0.1) is 112 Å². The Morgan fingerprint density at radius 1 is 0.404 bits per heavy atom. The van der Waals surface area contributed by atoms with Crippen molar-refractivity contribution < 1.29 is 57.0 Å². The SMILES string of the molecule is CCCCCCCCC(=O)OCCOCCOCCOCCOCCOCCOCCOCCOCCOC(=O)C(CC)CCCC. The predicted octanol–water partition coefficient (Wildman–Crippen LogP) is 5.17. The van der Waals surface area contributed by atoms with Crippen molar-refractivity contribution in [2.75, 3.05) is 119 Å². The highest BCUT2D eigenvalue weighted by Gasteiger charge is 2.17. The number of unbranched alkanes of at least 4 members (excludes halogenated alkanes) is 6. The van der Waals surface area contributed by atoms with Crippen molar-refractivity contribution in [3.8, 4) is 0 Å². The van der Waals surface area contributed by atoms with Gasteiger partial charge >= 0.3 is 11.9 Å². The number of esters is 2. The maximum absolute atomic E-state index is 12.0. The molecule has 0 saturated heterocycles. The van der Waals surface area contributed by atoms with E-state index in [0.717, 1.165) is 38.5 Å². The van der Waals surface area contributed by atoms with E-state index in [1.807, 2.05) is 6.92 Å². The van der Waals surface area contributed by atoms with E-state index in [4.69, 9.17) is 47.4 Å². The molecule has 0 spiro atoms. The van der Waals surface area contributed by atoms with Gasteiger partial charge in [-0.1, -0.05) is 65.7 Å². The minimum atomic E-state index is -0.145. The lowest BCUT2D eigenvalue weighted by molar-refractivity contribution is -0.150. The molecule has 0 rings (SSSR count). The molecule has 47 heavy (non-hydrogen) atoms. The molecule has 0 aliphatic heterocycles. The summed E-state index contributed by atoms with van der Waals surface area (Å²) in [6.45, 7) is 14.4.